The van der Waals surface area contributed by atoms with Crippen LogP contribution in [0.25, 0.3) is 0 Å². The van der Waals surface area contributed by atoms with Gasteiger partial charge in [0.15, 0.2) is 0 Å². The van der Waals surface area contributed by atoms with Crippen molar-refractivity contribution < 1.29 is 13.2 Å². The monoisotopic (exact) mass is 436 g/mol. The predicted molar refractivity (Wildman–Crippen MR) is 127 cm³/mol. The van der Waals surface area contributed by atoms with Crippen LogP contribution in [0.5, 0.6) is 0 Å². The lowest BCUT2D eigenvalue weighted by Gasteiger charge is -2.23. The summed E-state index contributed by atoms with van der Waals surface area (Å²) in [6, 6.07) is 22.1. The van der Waals surface area contributed by atoms with Crippen LogP contribution in [-0.4, -0.2) is 20.6 Å². The Kier molecular flexibility index (Phi) is 7.13. The molecule has 0 radical (unpaired) electrons. The number of hydrogen-bond donors (Lipinski definition) is 1. The van der Waals surface area contributed by atoms with E-state index >= 15 is 0 Å². The molecule has 3 aromatic rings. The number of anilines is 2. The van der Waals surface area contributed by atoms with Crippen LogP contribution < -0.4 is 9.62 Å². The number of aryl methyl sites for hydroxylation is 2. The number of nitrogens with zero attached hydrogens (tertiary/aromatic N) is 1. The summed E-state index contributed by atoms with van der Waals surface area (Å²) in [6.07, 6.45) is 2.83. The van der Waals surface area contributed by atoms with Gasteiger partial charge < -0.3 is 5.32 Å². The fourth-order valence-electron chi connectivity index (χ4n) is 3.52. The molecule has 0 spiro atoms. The number of carbonyl (C=O) groups excluding carboxylic acids is 1. The highest BCUT2D eigenvalue weighted by Gasteiger charge is 2.19. The minimum atomic E-state index is -3.48. The van der Waals surface area contributed by atoms with Crippen molar-refractivity contribution in [2.45, 2.75) is 33.2 Å². The molecule has 3 aromatic carbocycles. The van der Waals surface area contributed by atoms with E-state index < -0.39 is 10.0 Å². The van der Waals surface area contributed by atoms with Gasteiger partial charge in [0.25, 0.3) is 5.91 Å². The summed E-state index contributed by atoms with van der Waals surface area (Å²) in [5.74, 6) is -0.212. The summed E-state index contributed by atoms with van der Waals surface area (Å²) in [7, 11) is -3.48. The van der Waals surface area contributed by atoms with Crippen LogP contribution in [0.15, 0.2) is 72.8 Å². The summed E-state index contributed by atoms with van der Waals surface area (Å²) < 4.78 is 26.1. The standard InChI is InChI=1S/C25H28N2O3S/c1-4-20-12-9-13-21(5-2)24(20)26-25(28)22-14-16-23(17-15-22)27(31(3,29)30)18-19-10-7-6-8-11-19/h6-17H,4-5,18H2,1-3H3,(H,26,28). The third-order valence-corrected chi connectivity index (χ3v) is 6.36. The molecule has 0 unspecified atom stereocenters. The van der Waals surface area contributed by atoms with Gasteiger partial charge >= 0.3 is 0 Å². The maximum absolute atomic E-state index is 12.9. The normalized spacial score (nSPS) is 11.2. The lowest BCUT2D eigenvalue weighted by atomic mass is 10.0. The molecule has 5 nitrogen and oxygen atoms in total. The first-order valence-corrected chi connectivity index (χ1v) is 12.2. The minimum Gasteiger partial charge on any atom is -0.321 e. The number of para-hydroxylation sites is 1. The molecule has 1 N–H and O–H groups in total. The average Bonchev–Trinajstić information content (AvgIpc) is 2.77. The largest absolute Gasteiger partial charge is 0.321 e. The van der Waals surface area contributed by atoms with Gasteiger partial charge in [0.1, 0.15) is 0 Å². The molecule has 31 heavy (non-hydrogen) atoms. The number of amides is 1. The van der Waals surface area contributed by atoms with Gasteiger partial charge in [0.05, 0.1) is 18.5 Å². The summed E-state index contributed by atoms with van der Waals surface area (Å²) >= 11 is 0. The molecular weight excluding hydrogens is 408 g/mol. The van der Waals surface area contributed by atoms with Crippen molar-refractivity contribution >= 4 is 27.3 Å². The van der Waals surface area contributed by atoms with Gasteiger partial charge in [-0.2, -0.15) is 0 Å². The lowest BCUT2D eigenvalue weighted by molar-refractivity contribution is 0.102. The van der Waals surface area contributed by atoms with E-state index in [1.165, 1.54) is 10.6 Å². The Morgan fingerprint density at radius 3 is 1.94 bits per heavy atom. The van der Waals surface area contributed by atoms with Gasteiger partial charge in [0, 0.05) is 11.3 Å². The smallest absolute Gasteiger partial charge is 0.255 e. The van der Waals surface area contributed by atoms with E-state index in [0.29, 0.717) is 11.3 Å². The maximum atomic E-state index is 12.9. The van der Waals surface area contributed by atoms with Gasteiger partial charge in [-0.1, -0.05) is 62.4 Å². The van der Waals surface area contributed by atoms with E-state index in [0.717, 1.165) is 35.2 Å². The van der Waals surface area contributed by atoms with Crippen LogP contribution in [0, 0.1) is 0 Å². The quantitative estimate of drug-likeness (QED) is 0.539. The molecule has 0 atom stereocenters. The molecular formula is C25H28N2O3S. The summed E-state index contributed by atoms with van der Waals surface area (Å²) in [5, 5.41) is 3.05. The van der Waals surface area contributed by atoms with Gasteiger partial charge in [-0.15, -0.1) is 0 Å². The summed E-state index contributed by atoms with van der Waals surface area (Å²) in [4.78, 5) is 12.9. The van der Waals surface area contributed by atoms with Crippen molar-refractivity contribution in [1.82, 2.24) is 0 Å². The number of rotatable bonds is 8. The number of sulfonamides is 1. The first kappa shape index (κ1) is 22.6. The third kappa shape index (κ3) is 5.52. The second-order valence-electron chi connectivity index (χ2n) is 7.41. The van der Waals surface area contributed by atoms with Gasteiger partial charge in [-0.25, -0.2) is 8.42 Å². The molecule has 0 aliphatic rings. The molecule has 0 aliphatic carbocycles. The van der Waals surface area contributed by atoms with E-state index in [9.17, 15) is 13.2 Å². The van der Waals surface area contributed by atoms with Gasteiger partial charge in [-0.05, 0) is 53.8 Å². The zero-order valence-electron chi connectivity index (χ0n) is 18.1. The average molecular weight is 437 g/mol. The molecule has 0 aromatic heterocycles. The Balaban J connectivity index is 1.84. The van der Waals surface area contributed by atoms with Crippen molar-refractivity contribution in [3.05, 3.63) is 95.1 Å². The van der Waals surface area contributed by atoms with Crippen LogP contribution in [0.2, 0.25) is 0 Å². The van der Waals surface area contributed by atoms with Crippen LogP contribution in [0.1, 0.15) is 40.9 Å². The highest BCUT2D eigenvalue weighted by atomic mass is 32.2. The van der Waals surface area contributed by atoms with Gasteiger partial charge in [-0.3, -0.25) is 9.10 Å². The van der Waals surface area contributed by atoms with Crippen molar-refractivity contribution in [2.24, 2.45) is 0 Å². The van der Waals surface area contributed by atoms with Gasteiger partial charge in [0.2, 0.25) is 10.0 Å². The highest BCUT2D eigenvalue weighted by molar-refractivity contribution is 7.92. The SMILES string of the molecule is CCc1cccc(CC)c1NC(=O)c1ccc(N(Cc2ccccc2)S(C)(=O)=O)cc1. The second kappa shape index (κ2) is 9.79. The molecule has 0 saturated carbocycles. The number of nitrogens with one attached hydrogen (secondary N) is 1. The molecule has 0 bridgehead atoms. The topological polar surface area (TPSA) is 66.5 Å². The van der Waals surface area contributed by atoms with Crippen molar-refractivity contribution in [3.8, 4) is 0 Å². The predicted octanol–water partition coefficient (Wildman–Crippen LogP) is 5.03. The van der Waals surface area contributed by atoms with Crippen LogP contribution in [0.4, 0.5) is 11.4 Å². The molecule has 1 amide bonds. The zero-order valence-corrected chi connectivity index (χ0v) is 18.9. The maximum Gasteiger partial charge on any atom is 0.255 e. The second-order valence-corrected chi connectivity index (χ2v) is 9.32. The number of carbonyl (C=O) groups is 1. The van der Waals surface area contributed by atoms with Crippen LogP contribution >= 0.6 is 0 Å². The van der Waals surface area contributed by atoms with E-state index in [-0.39, 0.29) is 12.5 Å². The third-order valence-electron chi connectivity index (χ3n) is 5.22. The number of benzene rings is 3. The Labute approximate surface area is 184 Å². The first-order valence-electron chi connectivity index (χ1n) is 10.4. The Hall–Kier alpha value is -3.12. The summed E-state index contributed by atoms with van der Waals surface area (Å²) in [6.45, 7) is 4.35. The molecule has 6 heteroatoms. The molecule has 0 saturated heterocycles. The van der Waals surface area contributed by atoms with E-state index in [1.54, 1.807) is 24.3 Å². The molecule has 0 fully saturated rings. The number of hydrogen-bond acceptors (Lipinski definition) is 3. The fourth-order valence-corrected chi connectivity index (χ4v) is 4.41. The molecule has 0 heterocycles. The lowest BCUT2D eigenvalue weighted by Crippen LogP contribution is -2.29. The van der Waals surface area contributed by atoms with Crippen molar-refractivity contribution in [3.63, 3.8) is 0 Å². The fraction of sp³-hybridized carbons (Fsp3) is 0.240. The van der Waals surface area contributed by atoms with Crippen LogP contribution in [-0.2, 0) is 29.4 Å². The van der Waals surface area contributed by atoms with E-state index in [2.05, 4.69) is 19.2 Å². The van der Waals surface area contributed by atoms with E-state index in [1.807, 2.05) is 48.5 Å². The van der Waals surface area contributed by atoms with Crippen molar-refractivity contribution in [2.75, 3.05) is 15.9 Å². The Morgan fingerprint density at radius 1 is 0.839 bits per heavy atom. The molecule has 0 aliphatic heterocycles. The minimum absolute atomic E-state index is 0.212. The van der Waals surface area contributed by atoms with Crippen molar-refractivity contribution in [1.29, 1.82) is 0 Å². The highest BCUT2D eigenvalue weighted by Crippen LogP contribution is 2.25. The Bertz CT molecular complexity index is 1120. The zero-order chi connectivity index (χ0) is 22.4. The Morgan fingerprint density at radius 2 is 1.42 bits per heavy atom. The molecule has 3 rings (SSSR count). The van der Waals surface area contributed by atoms with E-state index in [4.69, 9.17) is 0 Å². The van der Waals surface area contributed by atoms with Crippen LogP contribution in [0.3, 0.4) is 0 Å². The first-order chi connectivity index (χ1) is 14.8. The molecule has 162 valence electrons. The summed E-state index contributed by atoms with van der Waals surface area (Å²) in [5.41, 5.74) is 4.93.